The average molecular weight is 561 g/mol. The molecule has 0 aliphatic heterocycles. The maximum absolute atomic E-state index is 9.34. The Hall–Kier alpha value is -1.79. The van der Waals surface area contributed by atoms with Gasteiger partial charge in [0.05, 0.1) is 22.0 Å². The maximum atomic E-state index is 9.34. The molecule has 0 spiro atoms. The van der Waals surface area contributed by atoms with Crippen molar-refractivity contribution in [2.45, 2.75) is 49.7 Å². The lowest BCUT2D eigenvalue weighted by atomic mass is 9.87. The minimum atomic E-state index is -0.728. The lowest BCUT2D eigenvalue weighted by Crippen LogP contribution is -2.16. The van der Waals surface area contributed by atoms with E-state index < -0.39 is 5.41 Å². The van der Waals surface area contributed by atoms with E-state index in [9.17, 15) is 5.26 Å². The third-order valence-electron chi connectivity index (χ3n) is 5.68. The smallest absolute Gasteiger partial charge is 0.188 e. The third-order valence-corrected chi connectivity index (χ3v) is 8.58. The van der Waals surface area contributed by atoms with Gasteiger partial charge in [0.2, 0.25) is 0 Å². The van der Waals surface area contributed by atoms with Gasteiger partial charge < -0.3 is 0 Å². The molecule has 1 aliphatic carbocycles. The summed E-state index contributed by atoms with van der Waals surface area (Å²) >= 11 is 12.7. The molecule has 0 unspecified atom stereocenters. The lowest BCUT2D eigenvalue weighted by Gasteiger charge is -2.19. The fourth-order valence-electron chi connectivity index (χ4n) is 3.39. The van der Waals surface area contributed by atoms with E-state index >= 15 is 0 Å². The summed E-state index contributed by atoms with van der Waals surface area (Å²) in [5.41, 5.74) is 2.65. The molecule has 2 aromatic carbocycles. The Morgan fingerprint density at radius 3 is 2.48 bits per heavy atom. The Bertz CT molecular complexity index is 1300. The second kappa shape index (κ2) is 9.10. The van der Waals surface area contributed by atoms with Gasteiger partial charge in [0.15, 0.2) is 10.3 Å². The number of halogens is 2. The van der Waals surface area contributed by atoms with E-state index in [1.54, 1.807) is 11.8 Å². The van der Waals surface area contributed by atoms with Crippen LogP contribution in [0.25, 0.3) is 10.9 Å². The largest absolute Gasteiger partial charge is 0.296 e. The van der Waals surface area contributed by atoms with Gasteiger partial charge in [-0.1, -0.05) is 56.6 Å². The van der Waals surface area contributed by atoms with Gasteiger partial charge >= 0.3 is 0 Å². The third kappa shape index (κ3) is 5.02. The minimum absolute atomic E-state index is 0.0604. The quantitative estimate of drug-likeness (QED) is 0.193. The number of aromatic nitrogens is 2. The van der Waals surface area contributed by atoms with Gasteiger partial charge in [0.1, 0.15) is 5.41 Å². The molecule has 1 heterocycles. The summed E-state index contributed by atoms with van der Waals surface area (Å²) in [5, 5.41) is 31.7. The van der Waals surface area contributed by atoms with E-state index in [-0.39, 0.29) is 15.6 Å². The van der Waals surface area contributed by atoms with E-state index in [4.69, 9.17) is 22.4 Å². The number of nitriles is 1. The number of hydrogen-bond donors (Lipinski definition) is 2. The zero-order valence-electron chi connectivity index (χ0n) is 18.5. The Kier molecular flexibility index (Phi) is 6.71. The van der Waals surface area contributed by atoms with Crippen LogP contribution in [0.4, 0.5) is 0 Å². The molecule has 5 nitrogen and oxygen atoms in total. The molecule has 170 valence electrons. The predicted molar refractivity (Wildman–Crippen MR) is 143 cm³/mol. The molecule has 9 heteroatoms. The Labute approximate surface area is 215 Å². The molecule has 1 fully saturated rings. The monoisotopic (exact) mass is 559 g/mol. The van der Waals surface area contributed by atoms with Gasteiger partial charge in [-0.05, 0) is 69.2 Å². The average Bonchev–Trinajstić information content (AvgIpc) is 3.49. The molecule has 0 amide bonds. The summed E-state index contributed by atoms with van der Waals surface area (Å²) in [4.78, 5) is 1.02. The van der Waals surface area contributed by atoms with Gasteiger partial charge in [-0.25, -0.2) is 4.68 Å². The van der Waals surface area contributed by atoms with Crippen LogP contribution in [0.2, 0.25) is 5.15 Å². The van der Waals surface area contributed by atoms with Crippen LogP contribution < -0.4 is 0 Å². The van der Waals surface area contributed by atoms with Crippen LogP contribution in [0.3, 0.4) is 0 Å². The number of nitrogens with one attached hydrogen (secondary N) is 2. The number of nitrogens with zero attached hydrogens (tertiary/aromatic N) is 3. The van der Waals surface area contributed by atoms with Crippen LogP contribution in [0.15, 0.2) is 45.8 Å². The first kappa shape index (κ1) is 24.3. The minimum Gasteiger partial charge on any atom is -0.296 e. The van der Waals surface area contributed by atoms with Gasteiger partial charge in [0.25, 0.3) is 0 Å². The molecule has 33 heavy (non-hydrogen) atoms. The molecule has 2 N–H and O–H groups in total. The maximum Gasteiger partial charge on any atom is 0.188 e. The second-order valence-electron chi connectivity index (χ2n) is 9.17. The highest BCUT2D eigenvalue weighted by Crippen LogP contribution is 2.49. The first-order chi connectivity index (χ1) is 15.5. The Morgan fingerprint density at radius 1 is 1.24 bits per heavy atom. The summed E-state index contributed by atoms with van der Waals surface area (Å²) < 4.78 is 2.27. The standard InChI is InChI=1S/C24H23BrClN5S2/c1-23(2,3)15-6-4-14(5-7-15)12-32-16-10-17(25)19-18(11-16)31(30-20(19)26)22(29)33-21(28)24(13-27)8-9-24/h4-7,10-11,28-29H,8-9,12H2,1-3H3. The molecular formula is C24H23BrClN5S2. The molecule has 1 saturated carbocycles. The van der Waals surface area contributed by atoms with Crippen LogP contribution in [-0.4, -0.2) is 20.0 Å². The topological polar surface area (TPSA) is 89.3 Å². The molecular weight excluding hydrogens is 538 g/mol. The number of rotatable bonds is 4. The fraction of sp³-hybridized carbons (Fsp3) is 0.333. The SMILES string of the molecule is CC(C)(C)c1ccc(CSc2cc(Br)c3c(Cl)nn(C(=N)SC(=N)C4(C#N)CC4)c3c2)cc1. The summed E-state index contributed by atoms with van der Waals surface area (Å²) in [7, 11) is 0. The molecule has 1 aromatic heterocycles. The van der Waals surface area contributed by atoms with Gasteiger partial charge in [-0.15, -0.1) is 11.8 Å². The Balaban J connectivity index is 1.56. The molecule has 0 saturated heterocycles. The van der Waals surface area contributed by atoms with Crippen LogP contribution in [0.5, 0.6) is 0 Å². The van der Waals surface area contributed by atoms with Gasteiger partial charge in [0, 0.05) is 15.1 Å². The first-order valence-electron chi connectivity index (χ1n) is 10.4. The lowest BCUT2D eigenvalue weighted by molar-refractivity contribution is 0.590. The second-order valence-corrected chi connectivity index (χ2v) is 12.4. The molecule has 3 aromatic rings. The van der Waals surface area contributed by atoms with Crippen molar-refractivity contribution in [2.24, 2.45) is 5.41 Å². The summed E-state index contributed by atoms with van der Waals surface area (Å²) in [6.07, 6.45) is 1.35. The van der Waals surface area contributed by atoms with E-state index in [0.29, 0.717) is 23.5 Å². The molecule has 1 aliphatic rings. The van der Waals surface area contributed by atoms with Crippen molar-refractivity contribution in [3.8, 4) is 6.07 Å². The summed E-state index contributed by atoms with van der Waals surface area (Å²) in [6, 6.07) is 14.9. The number of fused-ring (bicyclic) bond motifs is 1. The predicted octanol–water partition coefficient (Wildman–Crippen LogP) is 7.84. The zero-order valence-corrected chi connectivity index (χ0v) is 22.5. The first-order valence-corrected chi connectivity index (χ1v) is 13.4. The highest BCUT2D eigenvalue weighted by atomic mass is 79.9. The fourth-order valence-corrected chi connectivity index (χ4v) is 6.35. The molecule has 0 radical (unpaired) electrons. The van der Waals surface area contributed by atoms with Crippen LogP contribution in [0, 0.1) is 27.6 Å². The normalized spacial score (nSPS) is 14.8. The van der Waals surface area contributed by atoms with Crippen molar-refractivity contribution < 1.29 is 0 Å². The molecule has 0 bridgehead atoms. The van der Waals surface area contributed by atoms with Gasteiger partial charge in [-0.3, -0.25) is 10.8 Å². The van der Waals surface area contributed by atoms with E-state index in [1.807, 2.05) is 12.1 Å². The summed E-state index contributed by atoms with van der Waals surface area (Å²) in [6.45, 7) is 6.62. The van der Waals surface area contributed by atoms with Gasteiger partial charge in [-0.2, -0.15) is 10.4 Å². The zero-order chi connectivity index (χ0) is 24.0. The molecule has 0 atom stereocenters. The van der Waals surface area contributed by atoms with Crippen LogP contribution in [0.1, 0.15) is 44.7 Å². The van der Waals surface area contributed by atoms with E-state index in [2.05, 4.69) is 72.1 Å². The Morgan fingerprint density at radius 2 is 1.91 bits per heavy atom. The van der Waals surface area contributed by atoms with Crippen molar-refractivity contribution in [1.82, 2.24) is 9.78 Å². The highest BCUT2D eigenvalue weighted by molar-refractivity contribution is 9.10. The highest BCUT2D eigenvalue weighted by Gasteiger charge is 2.48. The van der Waals surface area contributed by atoms with Crippen molar-refractivity contribution in [3.05, 3.63) is 57.2 Å². The molecule has 4 rings (SSSR count). The summed E-state index contributed by atoms with van der Waals surface area (Å²) in [5.74, 6) is 0.811. The van der Waals surface area contributed by atoms with Crippen molar-refractivity contribution in [2.75, 3.05) is 0 Å². The van der Waals surface area contributed by atoms with E-state index in [0.717, 1.165) is 32.3 Å². The van der Waals surface area contributed by atoms with Crippen LogP contribution in [-0.2, 0) is 11.2 Å². The van der Waals surface area contributed by atoms with Crippen molar-refractivity contribution in [3.63, 3.8) is 0 Å². The van der Waals surface area contributed by atoms with E-state index in [1.165, 1.54) is 15.8 Å². The number of hydrogen-bond acceptors (Lipinski definition) is 6. The number of thioether (sulfide) groups is 2. The van der Waals surface area contributed by atoms with Crippen molar-refractivity contribution in [1.29, 1.82) is 16.1 Å². The van der Waals surface area contributed by atoms with Crippen molar-refractivity contribution >= 4 is 72.2 Å². The van der Waals surface area contributed by atoms with Crippen LogP contribution >= 0.6 is 51.1 Å². The number of benzene rings is 2.